The first kappa shape index (κ1) is 23.2. The Morgan fingerprint density at radius 2 is 1.79 bits per heavy atom. The highest BCUT2D eigenvalue weighted by Gasteiger charge is 2.48. The van der Waals surface area contributed by atoms with Gasteiger partial charge in [0.15, 0.2) is 5.13 Å². The van der Waals surface area contributed by atoms with Crippen molar-refractivity contribution < 1.29 is 29.0 Å². The van der Waals surface area contributed by atoms with E-state index in [9.17, 15) is 19.5 Å². The van der Waals surface area contributed by atoms with E-state index < -0.39 is 23.7 Å². The van der Waals surface area contributed by atoms with Crippen LogP contribution in [0.25, 0.3) is 5.76 Å². The predicted octanol–water partition coefficient (Wildman–Crippen LogP) is 4.26. The molecule has 0 saturated carbocycles. The van der Waals surface area contributed by atoms with E-state index in [0.717, 1.165) is 11.3 Å². The number of Topliss-reactive ketones (excluding diaryl/α,β-unsaturated/α-hetero) is 1. The zero-order valence-electron chi connectivity index (χ0n) is 18.8. The summed E-state index contributed by atoms with van der Waals surface area (Å²) in [4.78, 5) is 44.6. The minimum Gasteiger partial charge on any atom is -0.507 e. The van der Waals surface area contributed by atoms with Gasteiger partial charge in [0.25, 0.3) is 5.78 Å². The molecule has 1 saturated heterocycles. The number of hydrogen-bond acceptors (Lipinski definition) is 8. The highest BCUT2D eigenvalue weighted by molar-refractivity contribution is 7.17. The number of nitrogens with zero attached hydrogens (tertiary/aromatic N) is 2. The lowest BCUT2D eigenvalue weighted by Crippen LogP contribution is -2.29. The molecule has 1 aliphatic rings. The van der Waals surface area contributed by atoms with Gasteiger partial charge in [0, 0.05) is 5.56 Å². The number of methoxy groups -OCH3 is 1. The lowest BCUT2D eigenvalue weighted by Gasteiger charge is -2.23. The molecule has 0 bridgehead atoms. The fourth-order valence-corrected chi connectivity index (χ4v) is 4.74. The Balaban J connectivity index is 1.90. The zero-order valence-corrected chi connectivity index (χ0v) is 19.6. The van der Waals surface area contributed by atoms with Gasteiger partial charge in [-0.25, -0.2) is 9.78 Å². The van der Waals surface area contributed by atoms with Crippen LogP contribution in [0.5, 0.6) is 5.75 Å². The molecule has 1 amide bonds. The second kappa shape index (κ2) is 9.48. The van der Waals surface area contributed by atoms with Gasteiger partial charge in [-0.2, -0.15) is 0 Å². The van der Waals surface area contributed by atoms with Gasteiger partial charge in [0.2, 0.25) is 0 Å². The average Bonchev–Trinajstić information content (AvgIpc) is 3.36. The lowest BCUT2D eigenvalue weighted by molar-refractivity contribution is -0.132. The first-order chi connectivity index (χ1) is 16.4. The molecule has 8 nitrogen and oxygen atoms in total. The molecular weight excluding hydrogens is 456 g/mol. The van der Waals surface area contributed by atoms with Crippen LogP contribution < -0.4 is 9.64 Å². The monoisotopic (exact) mass is 478 g/mol. The van der Waals surface area contributed by atoms with Gasteiger partial charge in [0.1, 0.15) is 16.4 Å². The number of aliphatic hydroxyl groups is 1. The number of amides is 1. The van der Waals surface area contributed by atoms with E-state index >= 15 is 0 Å². The number of aromatic nitrogens is 1. The van der Waals surface area contributed by atoms with Crippen LogP contribution in [0.2, 0.25) is 0 Å². The van der Waals surface area contributed by atoms with Crippen LogP contribution in [-0.2, 0) is 14.3 Å². The maximum atomic E-state index is 13.2. The molecule has 0 aliphatic carbocycles. The van der Waals surface area contributed by atoms with Crippen molar-refractivity contribution in [3.8, 4) is 5.75 Å². The Morgan fingerprint density at radius 3 is 2.41 bits per heavy atom. The molecule has 2 heterocycles. The van der Waals surface area contributed by atoms with E-state index in [-0.39, 0.29) is 27.9 Å². The number of carbonyl (C=O) groups is 3. The number of carbonyl (C=O) groups excluding carboxylic acids is 3. The number of esters is 1. The van der Waals surface area contributed by atoms with Gasteiger partial charge in [-0.3, -0.25) is 14.5 Å². The van der Waals surface area contributed by atoms with Crippen LogP contribution in [0, 0.1) is 6.92 Å². The van der Waals surface area contributed by atoms with E-state index in [2.05, 4.69) is 4.98 Å². The Labute approximate surface area is 200 Å². The molecule has 1 atom stereocenters. The summed E-state index contributed by atoms with van der Waals surface area (Å²) in [6.45, 7) is 3.52. The van der Waals surface area contributed by atoms with Crippen LogP contribution >= 0.6 is 11.3 Å². The molecule has 174 valence electrons. The molecule has 3 aromatic rings. The van der Waals surface area contributed by atoms with Crippen molar-refractivity contribution in [2.24, 2.45) is 0 Å². The van der Waals surface area contributed by atoms with Gasteiger partial charge in [-0.05, 0) is 31.5 Å². The Kier molecular flexibility index (Phi) is 6.47. The molecule has 0 unspecified atom stereocenters. The summed E-state index contributed by atoms with van der Waals surface area (Å²) >= 11 is 0.965. The third-order valence-corrected chi connectivity index (χ3v) is 6.51. The van der Waals surface area contributed by atoms with Crippen LogP contribution in [0.4, 0.5) is 5.13 Å². The smallest absolute Gasteiger partial charge is 0.350 e. The summed E-state index contributed by atoms with van der Waals surface area (Å²) in [7, 11) is 1.53. The maximum Gasteiger partial charge on any atom is 0.350 e. The number of rotatable bonds is 6. The van der Waals surface area contributed by atoms with Crippen molar-refractivity contribution in [2.45, 2.75) is 19.9 Å². The molecule has 1 N–H and O–H groups in total. The largest absolute Gasteiger partial charge is 0.507 e. The molecular formula is C25H22N2O6S. The second-order valence-electron chi connectivity index (χ2n) is 7.44. The van der Waals surface area contributed by atoms with E-state index in [1.54, 1.807) is 68.4 Å². The maximum absolute atomic E-state index is 13.2. The fourth-order valence-electron chi connectivity index (χ4n) is 3.75. The summed E-state index contributed by atoms with van der Waals surface area (Å²) in [5, 5.41) is 11.3. The van der Waals surface area contributed by atoms with Gasteiger partial charge in [-0.15, -0.1) is 0 Å². The predicted molar refractivity (Wildman–Crippen MR) is 127 cm³/mol. The van der Waals surface area contributed by atoms with Gasteiger partial charge in [0.05, 0.1) is 31.0 Å². The van der Waals surface area contributed by atoms with Gasteiger partial charge >= 0.3 is 11.9 Å². The number of aliphatic hydroxyl groups excluding tert-OH is 1. The molecule has 34 heavy (non-hydrogen) atoms. The summed E-state index contributed by atoms with van der Waals surface area (Å²) in [6, 6.07) is 14.4. The standard InChI is InChI=1S/C25H22N2O6S/c1-4-33-24(31)22-14(2)26-25(34-22)27-19(15-10-12-17(32-3)13-11-15)18(21(29)23(27)30)20(28)16-8-6-5-7-9-16/h5-13,19,28H,4H2,1-3H3/b20-18+/t19-/m1/s1. The van der Waals surface area contributed by atoms with E-state index in [1.165, 1.54) is 12.0 Å². The quantitative estimate of drug-likeness (QED) is 0.244. The first-order valence-electron chi connectivity index (χ1n) is 10.5. The third kappa shape index (κ3) is 4.06. The van der Waals surface area contributed by atoms with Crippen molar-refractivity contribution in [1.29, 1.82) is 0 Å². The van der Waals surface area contributed by atoms with Crippen LogP contribution in [0.15, 0.2) is 60.2 Å². The fraction of sp³-hybridized carbons (Fsp3) is 0.200. The molecule has 4 rings (SSSR count). The lowest BCUT2D eigenvalue weighted by atomic mass is 9.95. The zero-order chi connectivity index (χ0) is 24.4. The summed E-state index contributed by atoms with van der Waals surface area (Å²) in [5.41, 5.74) is 1.30. The van der Waals surface area contributed by atoms with Crippen LogP contribution in [-0.4, -0.2) is 41.5 Å². The minimum atomic E-state index is -0.952. The van der Waals surface area contributed by atoms with Gasteiger partial charge < -0.3 is 14.6 Å². The van der Waals surface area contributed by atoms with Crippen molar-refractivity contribution in [2.75, 3.05) is 18.6 Å². The van der Waals surface area contributed by atoms with Crippen molar-refractivity contribution in [1.82, 2.24) is 4.98 Å². The van der Waals surface area contributed by atoms with Crippen LogP contribution in [0.3, 0.4) is 0 Å². The summed E-state index contributed by atoms with van der Waals surface area (Å²) in [6.07, 6.45) is 0. The van der Waals surface area contributed by atoms with Crippen molar-refractivity contribution >= 4 is 39.9 Å². The summed E-state index contributed by atoms with van der Waals surface area (Å²) in [5.74, 6) is -1.93. The molecule has 0 spiro atoms. The van der Waals surface area contributed by atoms with E-state index in [4.69, 9.17) is 9.47 Å². The molecule has 1 aliphatic heterocycles. The Hall–Kier alpha value is -3.98. The molecule has 9 heteroatoms. The highest BCUT2D eigenvalue weighted by atomic mass is 32.1. The SMILES string of the molecule is CCOC(=O)c1sc(N2C(=O)C(=O)/C(=C(/O)c3ccccc3)[C@H]2c2ccc(OC)cc2)nc1C. The normalized spacial score (nSPS) is 17.1. The number of benzene rings is 2. The number of anilines is 1. The third-order valence-electron chi connectivity index (χ3n) is 5.38. The molecule has 1 fully saturated rings. The van der Waals surface area contributed by atoms with Crippen molar-refractivity contribution in [3.05, 3.63) is 81.9 Å². The number of ketones is 1. The number of aryl methyl sites for hydroxylation is 1. The molecule has 1 aromatic heterocycles. The number of ether oxygens (including phenoxy) is 2. The highest BCUT2D eigenvalue weighted by Crippen LogP contribution is 2.44. The Bertz CT molecular complexity index is 1280. The van der Waals surface area contributed by atoms with Gasteiger partial charge in [-0.1, -0.05) is 53.8 Å². The topological polar surface area (TPSA) is 106 Å². The Morgan fingerprint density at radius 1 is 1.12 bits per heavy atom. The average molecular weight is 479 g/mol. The summed E-state index contributed by atoms with van der Waals surface area (Å²) < 4.78 is 10.3. The number of hydrogen-bond donors (Lipinski definition) is 1. The number of thiazole rings is 1. The molecule has 2 aromatic carbocycles. The van der Waals surface area contributed by atoms with E-state index in [1.807, 2.05) is 0 Å². The van der Waals surface area contributed by atoms with Crippen LogP contribution in [0.1, 0.15) is 39.5 Å². The van der Waals surface area contributed by atoms with Crippen molar-refractivity contribution in [3.63, 3.8) is 0 Å². The first-order valence-corrected chi connectivity index (χ1v) is 11.3. The second-order valence-corrected chi connectivity index (χ2v) is 8.42. The van der Waals surface area contributed by atoms with E-state index in [0.29, 0.717) is 22.6 Å². The minimum absolute atomic E-state index is 0.0631. The molecule has 0 radical (unpaired) electrons.